The first kappa shape index (κ1) is 16.3. The molecule has 3 heterocycles. The van der Waals surface area contributed by atoms with Crippen molar-refractivity contribution < 1.29 is 9.59 Å². The van der Waals surface area contributed by atoms with Gasteiger partial charge in [0.05, 0.1) is 12.6 Å². The van der Waals surface area contributed by atoms with Crippen LogP contribution in [0.1, 0.15) is 16.7 Å². The molecule has 0 unspecified atom stereocenters. The van der Waals surface area contributed by atoms with Gasteiger partial charge < -0.3 is 10.2 Å². The minimum atomic E-state index is -0.133. The number of hydrogen-bond acceptors (Lipinski definition) is 4. The van der Waals surface area contributed by atoms with E-state index in [-0.39, 0.29) is 18.4 Å². The lowest BCUT2D eigenvalue weighted by Gasteiger charge is -2.11. The van der Waals surface area contributed by atoms with E-state index in [1.807, 2.05) is 31.2 Å². The highest BCUT2D eigenvalue weighted by Gasteiger charge is 2.23. The fourth-order valence-corrected chi connectivity index (χ4v) is 3.22. The molecule has 0 atom stereocenters. The van der Waals surface area contributed by atoms with Gasteiger partial charge in [-0.1, -0.05) is 12.1 Å². The number of aromatic nitrogens is 3. The summed E-state index contributed by atoms with van der Waals surface area (Å²) >= 11 is 0. The zero-order valence-corrected chi connectivity index (χ0v) is 14.7. The number of anilines is 1. The molecule has 2 aromatic heterocycles. The van der Waals surface area contributed by atoms with E-state index >= 15 is 0 Å². The highest BCUT2D eigenvalue weighted by atomic mass is 16.2. The molecular weight excluding hydrogens is 330 g/mol. The second kappa shape index (κ2) is 6.25. The van der Waals surface area contributed by atoms with Crippen LogP contribution in [0.2, 0.25) is 0 Å². The molecule has 3 aromatic rings. The molecule has 1 aliphatic heterocycles. The zero-order valence-electron chi connectivity index (χ0n) is 14.7. The monoisotopic (exact) mass is 349 g/mol. The van der Waals surface area contributed by atoms with E-state index in [1.54, 1.807) is 29.0 Å². The highest BCUT2D eigenvalue weighted by Crippen LogP contribution is 2.28. The van der Waals surface area contributed by atoms with Crippen molar-refractivity contribution in [2.45, 2.75) is 26.4 Å². The smallest absolute Gasteiger partial charge is 0.242 e. The predicted octanol–water partition coefficient (Wildman–Crippen LogP) is 1.58. The molecule has 1 N–H and O–H groups in total. The lowest BCUT2D eigenvalue weighted by Crippen LogP contribution is -2.27. The van der Waals surface area contributed by atoms with Crippen LogP contribution in [0.15, 0.2) is 36.7 Å². The molecule has 0 saturated heterocycles. The van der Waals surface area contributed by atoms with Crippen LogP contribution in [0.5, 0.6) is 0 Å². The topological polar surface area (TPSA) is 80.1 Å². The number of nitrogens with zero attached hydrogens (tertiary/aromatic N) is 4. The SMILES string of the molecule is Cc1cnc2c(cnn2CC(=O)NCc2ccc3c(c2)CC(=O)N3C)c1. The number of pyridine rings is 1. The number of aryl methyl sites for hydroxylation is 1. The van der Waals surface area contributed by atoms with E-state index in [1.165, 1.54) is 0 Å². The predicted molar refractivity (Wildman–Crippen MR) is 97.7 cm³/mol. The van der Waals surface area contributed by atoms with Gasteiger partial charge in [-0.3, -0.25) is 9.59 Å². The standard InChI is InChI=1S/C19H19N5O2/c1-12-5-15-10-22-24(19(15)21-8-12)11-17(25)20-9-13-3-4-16-14(6-13)7-18(26)23(16)2/h3-6,8,10H,7,9,11H2,1-2H3,(H,20,25). The maximum absolute atomic E-state index is 12.3. The Morgan fingerprint density at radius 1 is 1.27 bits per heavy atom. The molecule has 4 rings (SSSR count). The maximum atomic E-state index is 12.3. The number of carbonyl (C=O) groups is 2. The molecular formula is C19H19N5O2. The van der Waals surface area contributed by atoms with Crippen molar-refractivity contribution in [1.29, 1.82) is 0 Å². The number of benzene rings is 1. The Hall–Kier alpha value is -3.22. The summed E-state index contributed by atoms with van der Waals surface area (Å²) < 4.78 is 1.60. The highest BCUT2D eigenvalue weighted by molar-refractivity contribution is 6.00. The van der Waals surface area contributed by atoms with E-state index in [0.717, 1.165) is 27.8 Å². The number of fused-ring (bicyclic) bond motifs is 2. The minimum absolute atomic E-state index is 0.0921. The molecule has 0 radical (unpaired) electrons. The van der Waals surface area contributed by atoms with Gasteiger partial charge in [0.15, 0.2) is 5.65 Å². The van der Waals surface area contributed by atoms with Crippen LogP contribution in [0.4, 0.5) is 5.69 Å². The van der Waals surface area contributed by atoms with Gasteiger partial charge in [-0.25, -0.2) is 9.67 Å². The van der Waals surface area contributed by atoms with Gasteiger partial charge in [0, 0.05) is 30.9 Å². The summed E-state index contributed by atoms with van der Waals surface area (Å²) in [5.41, 5.74) is 4.67. The Labute approximate surface area is 150 Å². The van der Waals surface area contributed by atoms with Crippen LogP contribution in [-0.2, 0) is 29.1 Å². The summed E-state index contributed by atoms with van der Waals surface area (Å²) in [6.07, 6.45) is 3.90. The Morgan fingerprint density at radius 2 is 2.12 bits per heavy atom. The number of carbonyl (C=O) groups excluding carboxylic acids is 2. The molecule has 7 nitrogen and oxygen atoms in total. The molecule has 1 aromatic carbocycles. The van der Waals surface area contributed by atoms with Crippen LogP contribution in [0, 0.1) is 6.92 Å². The van der Waals surface area contributed by atoms with E-state index in [4.69, 9.17) is 0 Å². The molecule has 0 saturated carbocycles. The van der Waals surface area contributed by atoms with E-state index in [9.17, 15) is 9.59 Å². The molecule has 2 amide bonds. The second-order valence-corrected chi connectivity index (χ2v) is 6.60. The molecule has 7 heteroatoms. The Bertz CT molecular complexity index is 1020. The third kappa shape index (κ3) is 2.92. The molecule has 0 bridgehead atoms. The van der Waals surface area contributed by atoms with Crippen molar-refractivity contribution in [3.8, 4) is 0 Å². The van der Waals surface area contributed by atoms with Crippen molar-refractivity contribution in [1.82, 2.24) is 20.1 Å². The summed E-state index contributed by atoms with van der Waals surface area (Å²) in [7, 11) is 1.78. The fourth-order valence-electron chi connectivity index (χ4n) is 3.22. The summed E-state index contributed by atoms with van der Waals surface area (Å²) in [6, 6.07) is 7.83. The average Bonchev–Trinajstić information content (AvgIpc) is 3.13. The first-order valence-electron chi connectivity index (χ1n) is 8.44. The number of hydrogen-bond donors (Lipinski definition) is 1. The van der Waals surface area contributed by atoms with Crippen molar-refractivity contribution in [2.75, 3.05) is 11.9 Å². The van der Waals surface area contributed by atoms with Crippen molar-refractivity contribution in [3.63, 3.8) is 0 Å². The summed E-state index contributed by atoms with van der Waals surface area (Å²) in [4.78, 5) is 30.0. The first-order chi connectivity index (χ1) is 12.5. The quantitative estimate of drug-likeness (QED) is 0.775. The number of likely N-dealkylation sites (N-methyl/N-ethyl adjacent to an activating group) is 1. The van der Waals surface area contributed by atoms with Crippen molar-refractivity contribution >= 4 is 28.5 Å². The van der Waals surface area contributed by atoms with E-state index in [0.29, 0.717) is 18.6 Å². The third-order valence-electron chi connectivity index (χ3n) is 4.62. The summed E-state index contributed by atoms with van der Waals surface area (Å²) in [5.74, 6) is -0.0412. The summed E-state index contributed by atoms with van der Waals surface area (Å²) in [5, 5.41) is 8.07. The fraction of sp³-hybridized carbons (Fsp3) is 0.263. The van der Waals surface area contributed by atoms with Gasteiger partial charge in [0.1, 0.15) is 6.54 Å². The van der Waals surface area contributed by atoms with Gasteiger partial charge in [-0.2, -0.15) is 5.10 Å². The van der Waals surface area contributed by atoms with Gasteiger partial charge in [0.25, 0.3) is 0 Å². The van der Waals surface area contributed by atoms with Gasteiger partial charge in [-0.05, 0) is 35.7 Å². The van der Waals surface area contributed by atoms with Gasteiger partial charge in [0.2, 0.25) is 11.8 Å². The largest absolute Gasteiger partial charge is 0.350 e. The normalized spacial score (nSPS) is 13.3. The Morgan fingerprint density at radius 3 is 2.96 bits per heavy atom. The minimum Gasteiger partial charge on any atom is -0.350 e. The van der Waals surface area contributed by atoms with E-state index in [2.05, 4.69) is 15.4 Å². The van der Waals surface area contributed by atoms with Crippen molar-refractivity contribution in [3.05, 3.63) is 53.3 Å². The van der Waals surface area contributed by atoms with Crippen LogP contribution in [0.3, 0.4) is 0 Å². The Kier molecular flexibility index (Phi) is 3.91. The first-order valence-corrected chi connectivity index (χ1v) is 8.44. The summed E-state index contributed by atoms with van der Waals surface area (Å²) in [6.45, 7) is 2.50. The maximum Gasteiger partial charge on any atom is 0.242 e. The van der Waals surface area contributed by atoms with Crippen LogP contribution >= 0.6 is 0 Å². The molecule has 0 aliphatic carbocycles. The number of amides is 2. The lowest BCUT2D eigenvalue weighted by atomic mass is 10.1. The number of rotatable bonds is 4. The molecule has 26 heavy (non-hydrogen) atoms. The van der Waals surface area contributed by atoms with Gasteiger partial charge >= 0.3 is 0 Å². The van der Waals surface area contributed by atoms with Crippen LogP contribution in [0.25, 0.3) is 11.0 Å². The Balaban J connectivity index is 1.41. The van der Waals surface area contributed by atoms with Crippen LogP contribution in [-0.4, -0.2) is 33.6 Å². The second-order valence-electron chi connectivity index (χ2n) is 6.60. The van der Waals surface area contributed by atoms with E-state index < -0.39 is 0 Å². The number of nitrogens with one attached hydrogen (secondary N) is 1. The molecule has 132 valence electrons. The van der Waals surface area contributed by atoms with Gasteiger partial charge in [-0.15, -0.1) is 0 Å². The lowest BCUT2D eigenvalue weighted by molar-refractivity contribution is -0.122. The zero-order chi connectivity index (χ0) is 18.3. The van der Waals surface area contributed by atoms with Crippen molar-refractivity contribution in [2.24, 2.45) is 0 Å². The molecule has 0 fully saturated rings. The van der Waals surface area contributed by atoms with Crippen LogP contribution < -0.4 is 10.2 Å². The third-order valence-corrected chi connectivity index (χ3v) is 4.62. The average molecular weight is 349 g/mol. The molecule has 1 aliphatic rings. The molecule has 0 spiro atoms.